The summed E-state index contributed by atoms with van der Waals surface area (Å²) in [5, 5.41) is 2.56. The second-order valence-electron chi connectivity index (χ2n) is 8.49. The number of rotatable bonds is 6. The van der Waals surface area contributed by atoms with E-state index in [-0.39, 0.29) is 11.7 Å². The number of nitrogens with zero attached hydrogens (tertiary/aromatic N) is 2. The van der Waals surface area contributed by atoms with Crippen molar-refractivity contribution < 1.29 is 9.59 Å². The zero-order valence-corrected chi connectivity index (χ0v) is 18.7. The maximum atomic E-state index is 13.3. The number of Topliss-reactive ketones (excluding diaryl/α,β-unsaturated/α-hetero) is 1. The van der Waals surface area contributed by atoms with Gasteiger partial charge in [-0.15, -0.1) is 0 Å². The molecule has 31 heavy (non-hydrogen) atoms. The van der Waals surface area contributed by atoms with Crippen LogP contribution in [0.25, 0.3) is 10.8 Å². The average molecular weight is 418 g/mol. The van der Waals surface area contributed by atoms with Crippen LogP contribution in [-0.2, 0) is 13.0 Å². The van der Waals surface area contributed by atoms with Gasteiger partial charge in [0.1, 0.15) is 5.69 Å². The van der Waals surface area contributed by atoms with E-state index < -0.39 is 0 Å². The van der Waals surface area contributed by atoms with E-state index in [0.29, 0.717) is 24.3 Å². The highest BCUT2D eigenvalue weighted by Gasteiger charge is 2.28. The zero-order valence-electron chi connectivity index (χ0n) is 18.7. The van der Waals surface area contributed by atoms with Gasteiger partial charge in [0.25, 0.3) is 5.91 Å². The molecule has 1 fully saturated rings. The van der Waals surface area contributed by atoms with Gasteiger partial charge in [-0.25, -0.2) is 0 Å². The highest BCUT2D eigenvalue weighted by atomic mass is 16.2. The van der Waals surface area contributed by atoms with E-state index in [0.717, 1.165) is 43.7 Å². The van der Waals surface area contributed by atoms with Crippen LogP contribution in [0.2, 0.25) is 0 Å². The first-order chi connectivity index (χ1) is 15.0. The van der Waals surface area contributed by atoms with Gasteiger partial charge in [-0.1, -0.05) is 55.8 Å². The third-order valence-corrected chi connectivity index (χ3v) is 6.29. The first-order valence-electron chi connectivity index (χ1n) is 11.2. The number of amides is 1. The molecule has 0 unspecified atom stereocenters. The summed E-state index contributed by atoms with van der Waals surface area (Å²) in [5.74, 6) is 0.0417. The second kappa shape index (κ2) is 9.06. The number of benzene rings is 2. The Kier molecular flexibility index (Phi) is 6.23. The number of carbonyl (C=O) groups is 2. The van der Waals surface area contributed by atoms with Crippen LogP contribution in [0.5, 0.6) is 0 Å². The summed E-state index contributed by atoms with van der Waals surface area (Å²) in [7, 11) is 0. The molecule has 1 aromatic heterocycles. The van der Waals surface area contributed by atoms with Crippen molar-refractivity contribution in [2.24, 2.45) is 0 Å². The number of piperazine rings is 1. The summed E-state index contributed by atoms with van der Waals surface area (Å²) in [6.45, 7) is 9.51. The summed E-state index contributed by atoms with van der Waals surface area (Å²) >= 11 is 0. The quantitative estimate of drug-likeness (QED) is 0.597. The Morgan fingerprint density at radius 1 is 1.00 bits per heavy atom. The zero-order chi connectivity index (χ0) is 22.0. The van der Waals surface area contributed by atoms with Crippen molar-refractivity contribution in [3.05, 3.63) is 70.5 Å². The predicted octanol–water partition coefficient (Wildman–Crippen LogP) is 4.59. The van der Waals surface area contributed by atoms with E-state index in [2.05, 4.69) is 59.3 Å². The number of ketones is 1. The third kappa shape index (κ3) is 4.28. The standard InChI is InChI=1S/C26H31N3O2/c1-4-8-23-24(19(3)30)18(2)27-25(23)26(31)29-15-13-28(14-16-29)17-21-11-7-10-20-9-5-6-12-22(20)21/h5-7,9-12,27H,4,8,13-17H2,1-3H3. The lowest BCUT2D eigenvalue weighted by atomic mass is 10.0. The van der Waals surface area contributed by atoms with Crippen molar-refractivity contribution in [2.75, 3.05) is 26.2 Å². The smallest absolute Gasteiger partial charge is 0.270 e. The van der Waals surface area contributed by atoms with E-state index in [1.54, 1.807) is 6.92 Å². The van der Waals surface area contributed by atoms with Gasteiger partial charge >= 0.3 is 0 Å². The van der Waals surface area contributed by atoms with Crippen LogP contribution in [0.4, 0.5) is 0 Å². The van der Waals surface area contributed by atoms with Crippen molar-refractivity contribution in [3.8, 4) is 0 Å². The first-order valence-corrected chi connectivity index (χ1v) is 11.2. The Morgan fingerprint density at radius 2 is 1.71 bits per heavy atom. The van der Waals surface area contributed by atoms with Crippen molar-refractivity contribution in [3.63, 3.8) is 0 Å². The number of nitrogens with one attached hydrogen (secondary N) is 1. The van der Waals surface area contributed by atoms with Crippen LogP contribution in [0.3, 0.4) is 0 Å². The number of hydrogen-bond donors (Lipinski definition) is 1. The highest BCUT2D eigenvalue weighted by molar-refractivity contribution is 6.02. The monoisotopic (exact) mass is 417 g/mol. The minimum absolute atomic E-state index is 0.0175. The maximum Gasteiger partial charge on any atom is 0.270 e. The van der Waals surface area contributed by atoms with Gasteiger partial charge < -0.3 is 9.88 Å². The van der Waals surface area contributed by atoms with E-state index in [9.17, 15) is 9.59 Å². The molecular weight excluding hydrogens is 386 g/mol. The molecular formula is C26H31N3O2. The lowest BCUT2D eigenvalue weighted by molar-refractivity contribution is 0.0622. The van der Waals surface area contributed by atoms with Crippen molar-refractivity contribution in [1.82, 2.24) is 14.8 Å². The fraction of sp³-hybridized carbons (Fsp3) is 0.385. The van der Waals surface area contributed by atoms with Gasteiger partial charge in [0, 0.05) is 44.0 Å². The van der Waals surface area contributed by atoms with Gasteiger partial charge in [0.05, 0.1) is 0 Å². The largest absolute Gasteiger partial charge is 0.354 e. The highest BCUT2D eigenvalue weighted by Crippen LogP contribution is 2.24. The molecule has 0 spiro atoms. The molecule has 1 saturated heterocycles. The molecule has 0 radical (unpaired) electrons. The Balaban J connectivity index is 1.46. The number of carbonyl (C=O) groups excluding carboxylic acids is 2. The van der Waals surface area contributed by atoms with E-state index >= 15 is 0 Å². The minimum atomic E-state index is 0.0175. The van der Waals surface area contributed by atoms with Crippen LogP contribution >= 0.6 is 0 Å². The summed E-state index contributed by atoms with van der Waals surface area (Å²) < 4.78 is 0. The van der Waals surface area contributed by atoms with E-state index in [4.69, 9.17) is 0 Å². The molecule has 1 aliphatic rings. The fourth-order valence-corrected chi connectivity index (χ4v) is 4.77. The van der Waals surface area contributed by atoms with Gasteiger partial charge in [0.2, 0.25) is 0 Å². The lowest BCUT2D eigenvalue weighted by Crippen LogP contribution is -2.48. The number of aromatic nitrogens is 1. The summed E-state index contributed by atoms with van der Waals surface area (Å²) in [5.41, 5.74) is 4.31. The van der Waals surface area contributed by atoms with Crippen LogP contribution in [0.15, 0.2) is 42.5 Å². The Hall–Kier alpha value is -2.92. The molecule has 0 atom stereocenters. The van der Waals surface area contributed by atoms with Gasteiger partial charge in [0.15, 0.2) is 5.78 Å². The molecule has 4 rings (SSSR count). The Bertz CT molecular complexity index is 1100. The van der Waals surface area contributed by atoms with Crippen molar-refractivity contribution in [2.45, 2.75) is 40.2 Å². The minimum Gasteiger partial charge on any atom is -0.354 e. The van der Waals surface area contributed by atoms with Gasteiger partial charge in [-0.05, 0) is 42.2 Å². The van der Waals surface area contributed by atoms with Crippen molar-refractivity contribution in [1.29, 1.82) is 0 Å². The molecule has 5 heteroatoms. The molecule has 3 aromatic rings. The van der Waals surface area contributed by atoms with Gasteiger partial charge in [-0.2, -0.15) is 0 Å². The Morgan fingerprint density at radius 3 is 2.42 bits per heavy atom. The number of fused-ring (bicyclic) bond motifs is 1. The average Bonchev–Trinajstić information content (AvgIpc) is 3.10. The second-order valence-corrected chi connectivity index (χ2v) is 8.49. The topological polar surface area (TPSA) is 56.4 Å². The lowest BCUT2D eigenvalue weighted by Gasteiger charge is -2.35. The number of hydrogen-bond acceptors (Lipinski definition) is 3. The first kappa shape index (κ1) is 21.3. The van der Waals surface area contributed by atoms with Crippen LogP contribution in [0.1, 0.15) is 57.9 Å². The molecule has 2 heterocycles. The molecule has 0 bridgehead atoms. The molecule has 1 aliphatic heterocycles. The fourth-order valence-electron chi connectivity index (χ4n) is 4.77. The summed E-state index contributed by atoms with van der Waals surface area (Å²) in [4.78, 5) is 33.0. The molecule has 2 aromatic carbocycles. The summed E-state index contributed by atoms with van der Waals surface area (Å²) in [6, 6.07) is 15.0. The van der Waals surface area contributed by atoms with Gasteiger partial charge in [-0.3, -0.25) is 14.5 Å². The van der Waals surface area contributed by atoms with Crippen LogP contribution in [-0.4, -0.2) is 52.7 Å². The normalized spacial score (nSPS) is 14.9. The van der Waals surface area contributed by atoms with Crippen LogP contribution in [0, 0.1) is 6.92 Å². The number of H-pyrrole nitrogens is 1. The SMILES string of the molecule is CCCc1c(C(=O)N2CCN(Cc3cccc4ccccc34)CC2)[nH]c(C)c1C(C)=O. The molecule has 5 nitrogen and oxygen atoms in total. The number of aryl methyl sites for hydroxylation is 1. The third-order valence-electron chi connectivity index (χ3n) is 6.29. The van der Waals surface area contributed by atoms with E-state index in [1.165, 1.54) is 16.3 Å². The predicted molar refractivity (Wildman–Crippen MR) is 125 cm³/mol. The molecule has 162 valence electrons. The molecule has 0 aliphatic carbocycles. The Labute approximate surface area is 184 Å². The van der Waals surface area contributed by atoms with Crippen molar-refractivity contribution >= 4 is 22.5 Å². The maximum absolute atomic E-state index is 13.3. The van der Waals surface area contributed by atoms with Crippen LogP contribution < -0.4 is 0 Å². The van der Waals surface area contributed by atoms with E-state index in [1.807, 2.05) is 11.8 Å². The molecule has 1 N–H and O–H groups in total. The molecule has 0 saturated carbocycles. The molecule has 1 amide bonds. The number of aromatic amines is 1. The summed E-state index contributed by atoms with van der Waals surface area (Å²) in [6.07, 6.45) is 1.64.